The van der Waals surface area contributed by atoms with E-state index >= 15 is 0 Å². The summed E-state index contributed by atoms with van der Waals surface area (Å²) in [6.45, 7) is 3.43. The van der Waals surface area contributed by atoms with Gasteiger partial charge < -0.3 is 14.6 Å². The summed E-state index contributed by atoms with van der Waals surface area (Å²) in [5.74, 6) is -3.83. The molecule has 0 saturated heterocycles. The molecule has 0 aromatic carbocycles. The summed E-state index contributed by atoms with van der Waals surface area (Å²) in [5, 5.41) is 6.63. The van der Waals surface area contributed by atoms with Crippen LogP contribution < -0.4 is 5.32 Å². The number of likely N-dealkylation sites (N-methyl/N-ethyl adjacent to an activating group) is 1. The quantitative estimate of drug-likeness (QED) is 0.708. The fraction of sp³-hybridized carbons (Fsp3) is 0.818. The molecule has 5 nitrogen and oxygen atoms in total. The third-order valence-electron chi connectivity index (χ3n) is 2.45. The minimum Gasteiger partial charge on any atom is -0.367 e. The molecule has 1 N–H and O–H groups in total. The van der Waals surface area contributed by atoms with Gasteiger partial charge in [-0.3, -0.25) is 0 Å². The Hall–Kier alpha value is -1.22. The molecule has 9 heteroatoms. The van der Waals surface area contributed by atoms with Crippen molar-refractivity contribution in [3.8, 4) is 0 Å². The van der Waals surface area contributed by atoms with Crippen LogP contribution in [0.15, 0.2) is 4.52 Å². The molecule has 0 aliphatic heterocycles. The second-order valence-corrected chi connectivity index (χ2v) is 4.31. The van der Waals surface area contributed by atoms with E-state index in [-0.39, 0.29) is 11.7 Å². The van der Waals surface area contributed by atoms with Crippen LogP contribution in [0.25, 0.3) is 0 Å². The van der Waals surface area contributed by atoms with Crippen LogP contribution in [0.4, 0.5) is 17.6 Å². The van der Waals surface area contributed by atoms with Gasteiger partial charge in [0.15, 0.2) is 5.82 Å². The Balaban J connectivity index is 2.41. The van der Waals surface area contributed by atoms with Gasteiger partial charge in [-0.05, 0) is 6.54 Å². The molecule has 0 aliphatic rings. The smallest absolute Gasteiger partial charge is 0.330 e. The summed E-state index contributed by atoms with van der Waals surface area (Å²) in [4.78, 5) is 3.95. The molecule has 116 valence electrons. The lowest BCUT2D eigenvalue weighted by atomic mass is 10.2. The molecule has 1 aromatic rings. The number of ether oxygens (including phenoxy) is 1. The zero-order valence-electron chi connectivity index (χ0n) is 11.2. The largest absolute Gasteiger partial charge is 0.367 e. The van der Waals surface area contributed by atoms with Crippen LogP contribution in [0.3, 0.4) is 0 Å². The van der Waals surface area contributed by atoms with Crippen molar-refractivity contribution in [3.05, 3.63) is 11.7 Å². The van der Waals surface area contributed by atoms with Crippen molar-refractivity contribution in [1.82, 2.24) is 15.5 Å². The van der Waals surface area contributed by atoms with E-state index in [2.05, 4.69) is 20.2 Å². The van der Waals surface area contributed by atoms with E-state index in [0.29, 0.717) is 12.4 Å². The first-order valence-electron chi connectivity index (χ1n) is 6.13. The van der Waals surface area contributed by atoms with E-state index in [9.17, 15) is 17.6 Å². The average molecular weight is 299 g/mol. The van der Waals surface area contributed by atoms with Gasteiger partial charge in [-0.1, -0.05) is 19.0 Å². The van der Waals surface area contributed by atoms with Crippen molar-refractivity contribution in [3.63, 3.8) is 0 Å². The molecule has 0 bridgehead atoms. The van der Waals surface area contributed by atoms with E-state index in [1.165, 1.54) is 0 Å². The lowest BCUT2D eigenvalue weighted by molar-refractivity contribution is -0.168. The summed E-state index contributed by atoms with van der Waals surface area (Å²) in [6.07, 6.45) is -3.76. The Bertz CT molecular complexity index is 401. The van der Waals surface area contributed by atoms with Crippen LogP contribution in [-0.4, -0.2) is 42.2 Å². The molecule has 1 unspecified atom stereocenters. The van der Waals surface area contributed by atoms with E-state index in [4.69, 9.17) is 4.52 Å². The van der Waals surface area contributed by atoms with Crippen LogP contribution >= 0.6 is 0 Å². The normalized spacial score (nSPS) is 13.9. The molecule has 0 fully saturated rings. The molecular weight excluding hydrogens is 282 g/mol. The van der Waals surface area contributed by atoms with Crippen molar-refractivity contribution in [2.24, 2.45) is 0 Å². The second kappa shape index (κ2) is 7.53. The molecule has 1 aromatic heterocycles. The first-order chi connectivity index (χ1) is 9.36. The van der Waals surface area contributed by atoms with Gasteiger partial charge in [0.25, 0.3) is 0 Å². The highest BCUT2D eigenvalue weighted by Crippen LogP contribution is 2.23. The number of nitrogens with one attached hydrogen (secondary N) is 1. The van der Waals surface area contributed by atoms with Crippen LogP contribution in [0, 0.1) is 0 Å². The minimum atomic E-state index is -4.18. The Labute approximate surface area is 113 Å². The predicted molar refractivity (Wildman–Crippen MR) is 61.9 cm³/mol. The van der Waals surface area contributed by atoms with E-state index in [1.807, 2.05) is 13.8 Å². The summed E-state index contributed by atoms with van der Waals surface area (Å²) in [6, 6.07) is 0. The number of rotatable bonds is 9. The zero-order chi connectivity index (χ0) is 15.2. The maximum atomic E-state index is 12.6. The summed E-state index contributed by atoms with van der Waals surface area (Å²) in [7, 11) is 0. The first kappa shape index (κ1) is 16.8. The molecule has 1 rings (SSSR count). The molecule has 0 radical (unpaired) electrons. The molecule has 0 amide bonds. The van der Waals surface area contributed by atoms with Gasteiger partial charge in [-0.15, -0.1) is 0 Å². The highest BCUT2D eigenvalue weighted by atomic mass is 19.3. The minimum absolute atomic E-state index is 0.0429. The maximum Gasteiger partial charge on any atom is 0.330 e. The lowest BCUT2D eigenvalue weighted by Gasteiger charge is -2.14. The highest BCUT2D eigenvalue weighted by molar-refractivity contribution is 4.92. The Kier molecular flexibility index (Phi) is 6.34. The maximum absolute atomic E-state index is 12.6. The van der Waals surface area contributed by atoms with Crippen LogP contribution in [0.1, 0.15) is 31.5 Å². The molecule has 0 aliphatic carbocycles. The van der Waals surface area contributed by atoms with Gasteiger partial charge in [0.2, 0.25) is 5.89 Å². The monoisotopic (exact) mass is 299 g/mol. The number of aromatic nitrogens is 2. The van der Waals surface area contributed by atoms with Crippen LogP contribution in [0.2, 0.25) is 0 Å². The van der Waals surface area contributed by atoms with Gasteiger partial charge in [-0.25, -0.2) is 8.78 Å². The molecule has 20 heavy (non-hydrogen) atoms. The molecule has 1 atom stereocenters. The van der Waals surface area contributed by atoms with E-state index < -0.39 is 25.6 Å². The molecule has 0 saturated carbocycles. The van der Waals surface area contributed by atoms with Gasteiger partial charge >= 0.3 is 12.3 Å². The number of alkyl halides is 4. The summed E-state index contributed by atoms with van der Waals surface area (Å²) < 4.78 is 58.3. The zero-order valence-corrected chi connectivity index (χ0v) is 11.2. The molecule has 0 spiro atoms. The fourth-order valence-electron chi connectivity index (χ4n) is 1.32. The number of hydrogen-bond donors (Lipinski definition) is 1. The van der Waals surface area contributed by atoms with Crippen LogP contribution in [0.5, 0.6) is 0 Å². The molecule has 1 heterocycles. The summed E-state index contributed by atoms with van der Waals surface area (Å²) >= 11 is 0. The van der Waals surface area contributed by atoms with Gasteiger partial charge in [0, 0.05) is 12.5 Å². The highest BCUT2D eigenvalue weighted by Gasteiger charge is 2.41. The SMILES string of the molecule is CCNCC(C)c1nc(COCC(F)(F)C(F)F)no1. The van der Waals surface area contributed by atoms with E-state index in [1.54, 1.807) is 0 Å². The van der Waals surface area contributed by atoms with Crippen molar-refractivity contribution in [2.45, 2.75) is 38.7 Å². The Morgan fingerprint density at radius 1 is 1.40 bits per heavy atom. The fourth-order valence-corrected chi connectivity index (χ4v) is 1.32. The first-order valence-corrected chi connectivity index (χ1v) is 6.13. The van der Waals surface area contributed by atoms with E-state index in [0.717, 1.165) is 6.54 Å². The van der Waals surface area contributed by atoms with Crippen molar-refractivity contribution >= 4 is 0 Å². The summed E-state index contributed by atoms with van der Waals surface area (Å²) in [5.41, 5.74) is 0. The van der Waals surface area contributed by atoms with Crippen molar-refractivity contribution in [2.75, 3.05) is 19.7 Å². The predicted octanol–water partition coefficient (Wildman–Crippen LogP) is 2.20. The lowest BCUT2D eigenvalue weighted by Crippen LogP contribution is -2.32. The molecular formula is C11H17F4N3O2. The number of halogens is 4. The number of hydrogen-bond acceptors (Lipinski definition) is 5. The van der Waals surface area contributed by atoms with Gasteiger partial charge in [0.1, 0.15) is 13.2 Å². The Morgan fingerprint density at radius 3 is 2.70 bits per heavy atom. The average Bonchev–Trinajstić information content (AvgIpc) is 2.84. The second-order valence-electron chi connectivity index (χ2n) is 4.31. The van der Waals surface area contributed by atoms with Gasteiger partial charge in [-0.2, -0.15) is 13.8 Å². The van der Waals surface area contributed by atoms with Crippen molar-refractivity contribution < 1.29 is 26.8 Å². The third-order valence-corrected chi connectivity index (χ3v) is 2.45. The topological polar surface area (TPSA) is 60.2 Å². The van der Waals surface area contributed by atoms with Crippen molar-refractivity contribution in [1.29, 1.82) is 0 Å². The third kappa shape index (κ3) is 5.04. The standard InChI is InChI=1S/C11H17F4N3O2/c1-3-16-4-7(2)9-17-8(18-20-9)5-19-6-11(14,15)10(12)13/h7,10,16H,3-6H2,1-2H3. The van der Waals surface area contributed by atoms with Crippen LogP contribution in [-0.2, 0) is 11.3 Å². The Morgan fingerprint density at radius 2 is 2.10 bits per heavy atom. The number of nitrogens with zero attached hydrogens (tertiary/aromatic N) is 2. The van der Waals surface area contributed by atoms with Gasteiger partial charge in [0.05, 0.1) is 0 Å².